The highest BCUT2D eigenvalue weighted by Crippen LogP contribution is 2.34. The fourth-order valence-electron chi connectivity index (χ4n) is 4.18. The molecular weight excluding hydrogens is 492 g/mol. The first-order chi connectivity index (χ1) is 19.1. The predicted octanol–water partition coefficient (Wildman–Crippen LogP) is 5.09. The number of morpholine rings is 1. The summed E-state index contributed by atoms with van der Waals surface area (Å²) < 4.78 is 11.2. The van der Waals surface area contributed by atoms with E-state index in [-0.39, 0.29) is 5.91 Å². The summed E-state index contributed by atoms with van der Waals surface area (Å²) >= 11 is 0. The summed E-state index contributed by atoms with van der Waals surface area (Å²) in [7, 11) is 0. The van der Waals surface area contributed by atoms with E-state index in [2.05, 4.69) is 25.5 Å². The van der Waals surface area contributed by atoms with Gasteiger partial charge in [-0.05, 0) is 54.1 Å². The number of benzene rings is 3. The number of nitrogens with two attached hydrogens (primary N) is 1. The van der Waals surface area contributed by atoms with Gasteiger partial charge in [-0.2, -0.15) is 0 Å². The lowest BCUT2D eigenvalue weighted by molar-refractivity contribution is -0.111. The molecule has 2 heterocycles. The number of anilines is 4. The quantitative estimate of drug-likeness (QED) is 0.261. The smallest absolute Gasteiger partial charge is 0.248 e. The molecule has 9 nitrogen and oxygen atoms in total. The summed E-state index contributed by atoms with van der Waals surface area (Å²) in [5.41, 5.74) is 9.15. The van der Waals surface area contributed by atoms with Gasteiger partial charge in [0.25, 0.3) is 0 Å². The maximum atomic E-state index is 12.5. The van der Waals surface area contributed by atoms with Crippen molar-refractivity contribution in [2.45, 2.75) is 0 Å². The van der Waals surface area contributed by atoms with Crippen LogP contribution >= 0.6 is 0 Å². The van der Waals surface area contributed by atoms with Crippen LogP contribution in [-0.4, -0.2) is 53.6 Å². The fourth-order valence-corrected chi connectivity index (χ4v) is 4.18. The minimum absolute atomic E-state index is 0.200. The molecule has 1 aromatic heterocycles. The molecule has 0 aliphatic carbocycles. The molecular formula is C30H30N6O3. The second-order valence-electron chi connectivity index (χ2n) is 8.93. The number of carbonyl (C=O) groups is 1. The maximum absolute atomic E-state index is 12.5. The van der Waals surface area contributed by atoms with Crippen molar-refractivity contribution in [1.29, 1.82) is 0 Å². The summed E-state index contributed by atoms with van der Waals surface area (Å²) in [6.07, 6.45) is 4.84. The fraction of sp³-hybridized carbons (Fsp3) is 0.167. The van der Waals surface area contributed by atoms with Gasteiger partial charge >= 0.3 is 0 Å². The molecule has 1 saturated heterocycles. The van der Waals surface area contributed by atoms with Crippen molar-refractivity contribution >= 4 is 28.9 Å². The Bertz CT molecular complexity index is 1420. The molecule has 0 spiro atoms. The van der Waals surface area contributed by atoms with Gasteiger partial charge in [-0.3, -0.25) is 9.69 Å². The number of aromatic nitrogens is 2. The predicted molar refractivity (Wildman–Crippen MR) is 153 cm³/mol. The lowest BCUT2D eigenvalue weighted by atomic mass is 10.1. The molecule has 0 bridgehead atoms. The minimum Gasteiger partial charge on any atom is -0.457 e. The molecule has 0 radical (unpaired) electrons. The Balaban J connectivity index is 1.27. The topological polar surface area (TPSA) is 115 Å². The van der Waals surface area contributed by atoms with Crippen LogP contribution in [0.1, 0.15) is 0 Å². The van der Waals surface area contributed by atoms with Gasteiger partial charge in [-0.25, -0.2) is 9.97 Å². The Morgan fingerprint density at radius 1 is 0.949 bits per heavy atom. The van der Waals surface area contributed by atoms with Crippen molar-refractivity contribution < 1.29 is 14.3 Å². The minimum atomic E-state index is -0.200. The number of ether oxygens (including phenoxy) is 2. The van der Waals surface area contributed by atoms with Crippen LogP contribution in [0.25, 0.3) is 11.1 Å². The molecule has 0 unspecified atom stereocenters. The second-order valence-corrected chi connectivity index (χ2v) is 8.93. The molecule has 198 valence electrons. The van der Waals surface area contributed by atoms with Crippen molar-refractivity contribution in [3.8, 4) is 22.6 Å². The van der Waals surface area contributed by atoms with Crippen molar-refractivity contribution in [1.82, 2.24) is 14.9 Å². The third kappa shape index (κ3) is 7.19. The van der Waals surface area contributed by atoms with Crippen LogP contribution in [0.4, 0.5) is 23.0 Å². The van der Waals surface area contributed by atoms with Crippen LogP contribution < -0.4 is 21.1 Å². The molecule has 1 aliphatic rings. The number of carbonyl (C=O) groups excluding carboxylic acids is 1. The number of nitrogens with zero attached hydrogens (tertiary/aromatic N) is 3. The van der Waals surface area contributed by atoms with Crippen LogP contribution in [0.2, 0.25) is 0 Å². The standard InChI is InChI=1S/C30H30N6O3/c31-29-28(22-6-4-7-24(20-22)34-27(37)10-5-15-36-16-18-38-19-17-36)30(33-21-32-29)35-23-11-13-26(14-12-23)39-25-8-2-1-3-9-25/h1-14,20-21H,15-19H2,(H,34,37)(H3,31,32,33,35)/b10-5+. The van der Waals surface area contributed by atoms with Crippen molar-refractivity contribution in [3.63, 3.8) is 0 Å². The number of hydrogen-bond acceptors (Lipinski definition) is 8. The molecule has 39 heavy (non-hydrogen) atoms. The Labute approximate surface area is 227 Å². The van der Waals surface area contributed by atoms with E-state index in [4.69, 9.17) is 15.2 Å². The number of nitrogens with one attached hydrogen (secondary N) is 2. The van der Waals surface area contributed by atoms with E-state index in [1.54, 1.807) is 6.08 Å². The van der Waals surface area contributed by atoms with Gasteiger partial charge in [0.1, 0.15) is 29.5 Å². The van der Waals surface area contributed by atoms with Crippen LogP contribution in [0.3, 0.4) is 0 Å². The maximum Gasteiger partial charge on any atom is 0.248 e. The summed E-state index contributed by atoms with van der Waals surface area (Å²) in [5.74, 6) is 2.16. The summed E-state index contributed by atoms with van der Waals surface area (Å²) in [4.78, 5) is 23.4. The normalized spacial score (nSPS) is 13.7. The van der Waals surface area contributed by atoms with Gasteiger partial charge in [0.2, 0.25) is 5.91 Å². The SMILES string of the molecule is Nc1ncnc(Nc2ccc(Oc3ccccc3)cc2)c1-c1cccc(NC(=O)/C=C/CN2CCOCC2)c1. The zero-order valence-corrected chi connectivity index (χ0v) is 21.4. The third-order valence-electron chi connectivity index (χ3n) is 6.13. The average Bonchev–Trinajstić information content (AvgIpc) is 2.95. The number of para-hydroxylation sites is 1. The highest BCUT2D eigenvalue weighted by Gasteiger charge is 2.14. The van der Waals surface area contributed by atoms with Gasteiger partial charge in [-0.15, -0.1) is 0 Å². The zero-order chi connectivity index (χ0) is 26.9. The van der Waals surface area contributed by atoms with Crippen molar-refractivity contribution in [3.05, 3.63) is 97.3 Å². The third-order valence-corrected chi connectivity index (χ3v) is 6.13. The largest absolute Gasteiger partial charge is 0.457 e. The highest BCUT2D eigenvalue weighted by atomic mass is 16.5. The number of rotatable bonds is 9. The summed E-state index contributed by atoms with van der Waals surface area (Å²) in [5, 5.41) is 6.24. The Morgan fingerprint density at radius 3 is 2.51 bits per heavy atom. The van der Waals surface area contributed by atoms with E-state index in [0.717, 1.165) is 49.1 Å². The van der Waals surface area contributed by atoms with Crippen LogP contribution in [0, 0.1) is 0 Å². The van der Waals surface area contributed by atoms with Crippen LogP contribution in [0.15, 0.2) is 97.3 Å². The first kappa shape index (κ1) is 25.9. The van der Waals surface area contributed by atoms with Gasteiger partial charge in [0.05, 0.1) is 18.8 Å². The average molecular weight is 523 g/mol. The van der Waals surface area contributed by atoms with E-state index in [9.17, 15) is 4.79 Å². The van der Waals surface area contributed by atoms with Crippen molar-refractivity contribution in [2.24, 2.45) is 0 Å². The van der Waals surface area contributed by atoms with E-state index >= 15 is 0 Å². The van der Waals surface area contributed by atoms with E-state index < -0.39 is 0 Å². The zero-order valence-electron chi connectivity index (χ0n) is 21.4. The number of nitrogen functional groups attached to an aromatic ring is 1. The molecule has 4 aromatic rings. The second kappa shape index (κ2) is 12.7. The van der Waals surface area contributed by atoms with Crippen molar-refractivity contribution in [2.75, 3.05) is 49.2 Å². The van der Waals surface area contributed by atoms with Gasteiger partial charge in [-0.1, -0.05) is 36.4 Å². The molecule has 1 fully saturated rings. The van der Waals surface area contributed by atoms with Gasteiger partial charge in [0, 0.05) is 37.1 Å². The lowest BCUT2D eigenvalue weighted by Gasteiger charge is -2.25. The Morgan fingerprint density at radius 2 is 1.72 bits per heavy atom. The monoisotopic (exact) mass is 522 g/mol. The molecule has 5 rings (SSSR count). The van der Waals surface area contributed by atoms with E-state index in [1.807, 2.05) is 84.9 Å². The van der Waals surface area contributed by atoms with Crippen LogP contribution in [0.5, 0.6) is 11.5 Å². The summed E-state index contributed by atoms with van der Waals surface area (Å²) in [6, 6.07) is 24.6. The molecule has 0 atom stereocenters. The van der Waals surface area contributed by atoms with E-state index in [1.165, 1.54) is 6.33 Å². The first-order valence-corrected chi connectivity index (χ1v) is 12.7. The molecule has 3 aromatic carbocycles. The molecule has 0 saturated carbocycles. The number of amides is 1. The molecule has 1 amide bonds. The molecule has 1 aliphatic heterocycles. The Kier molecular flexibility index (Phi) is 8.42. The highest BCUT2D eigenvalue weighted by molar-refractivity contribution is 6.00. The van der Waals surface area contributed by atoms with Gasteiger partial charge < -0.3 is 25.8 Å². The number of hydrogen-bond donors (Lipinski definition) is 3. The van der Waals surface area contributed by atoms with E-state index in [0.29, 0.717) is 29.4 Å². The summed E-state index contributed by atoms with van der Waals surface area (Å²) in [6.45, 7) is 3.91. The Hall–Kier alpha value is -4.73. The van der Waals surface area contributed by atoms with Crippen LogP contribution in [-0.2, 0) is 9.53 Å². The first-order valence-electron chi connectivity index (χ1n) is 12.7. The lowest BCUT2D eigenvalue weighted by Crippen LogP contribution is -2.36. The molecule has 9 heteroatoms. The van der Waals surface area contributed by atoms with Gasteiger partial charge in [0.15, 0.2) is 0 Å². The molecule has 4 N–H and O–H groups in total.